The van der Waals surface area contributed by atoms with Crippen LogP contribution in [0.15, 0.2) is 40.2 Å². The van der Waals surface area contributed by atoms with E-state index in [1.54, 1.807) is 24.3 Å². The van der Waals surface area contributed by atoms with E-state index in [-0.39, 0.29) is 5.75 Å². The van der Waals surface area contributed by atoms with Crippen LogP contribution in [0.3, 0.4) is 0 Å². The van der Waals surface area contributed by atoms with Crippen molar-refractivity contribution in [1.29, 1.82) is 0 Å². The second kappa shape index (κ2) is 8.42. The topological polar surface area (TPSA) is 61.8 Å². The van der Waals surface area contributed by atoms with Crippen LogP contribution < -0.4 is 5.32 Å². The zero-order chi connectivity index (χ0) is 18.5. The van der Waals surface area contributed by atoms with E-state index in [1.165, 1.54) is 38.5 Å². The first-order valence-corrected chi connectivity index (χ1v) is 11.4. The quantitative estimate of drug-likeness (QED) is 0.487. The highest BCUT2D eigenvalue weighted by molar-refractivity contribution is 7.91. The lowest BCUT2D eigenvalue weighted by atomic mass is 9.73. The van der Waals surface area contributed by atoms with E-state index in [9.17, 15) is 8.42 Å². The standard InChI is InChI=1S/C20H31N3O2S/c1-21-19(23-15-13-20(17-23)11-6-3-7-12-20)22-14-8-16-26(24,25)18-9-4-2-5-10-18/h2,4-5,9-10H,3,6-8,11-17H2,1H3,(H,21,22). The number of benzene rings is 1. The summed E-state index contributed by atoms with van der Waals surface area (Å²) in [6, 6.07) is 8.69. The number of hydrogen-bond donors (Lipinski definition) is 1. The minimum Gasteiger partial charge on any atom is -0.356 e. The van der Waals surface area contributed by atoms with E-state index in [0.29, 0.717) is 23.3 Å². The van der Waals surface area contributed by atoms with Crippen molar-refractivity contribution in [3.05, 3.63) is 30.3 Å². The lowest BCUT2D eigenvalue weighted by molar-refractivity contribution is 0.203. The fraction of sp³-hybridized carbons (Fsp3) is 0.650. The molecule has 2 fully saturated rings. The number of hydrogen-bond acceptors (Lipinski definition) is 3. The van der Waals surface area contributed by atoms with Gasteiger partial charge in [-0.3, -0.25) is 4.99 Å². The molecule has 144 valence electrons. The Morgan fingerprint density at radius 3 is 2.58 bits per heavy atom. The van der Waals surface area contributed by atoms with Crippen molar-refractivity contribution >= 4 is 15.8 Å². The molecule has 0 radical (unpaired) electrons. The van der Waals surface area contributed by atoms with Crippen molar-refractivity contribution in [3.8, 4) is 0 Å². The summed E-state index contributed by atoms with van der Waals surface area (Å²) in [4.78, 5) is 7.19. The van der Waals surface area contributed by atoms with Gasteiger partial charge >= 0.3 is 0 Å². The minimum atomic E-state index is -3.20. The summed E-state index contributed by atoms with van der Waals surface area (Å²) < 4.78 is 24.7. The van der Waals surface area contributed by atoms with Crippen molar-refractivity contribution in [3.63, 3.8) is 0 Å². The monoisotopic (exact) mass is 377 g/mol. The van der Waals surface area contributed by atoms with Crippen molar-refractivity contribution in [2.45, 2.75) is 49.8 Å². The van der Waals surface area contributed by atoms with Crippen LogP contribution in [0.1, 0.15) is 44.9 Å². The third-order valence-corrected chi connectivity index (χ3v) is 7.66. The Morgan fingerprint density at radius 1 is 1.15 bits per heavy atom. The predicted octanol–water partition coefficient (Wildman–Crippen LogP) is 3.08. The van der Waals surface area contributed by atoms with Crippen LogP contribution in [0.25, 0.3) is 0 Å². The number of aliphatic imine (C=N–C) groups is 1. The van der Waals surface area contributed by atoms with Gasteiger partial charge in [-0.15, -0.1) is 0 Å². The van der Waals surface area contributed by atoms with E-state index in [0.717, 1.165) is 19.0 Å². The molecule has 2 aliphatic rings. The van der Waals surface area contributed by atoms with Crippen LogP contribution in [0.5, 0.6) is 0 Å². The number of sulfone groups is 1. The maximum absolute atomic E-state index is 12.3. The SMILES string of the molecule is CN=C(NCCCS(=O)(=O)c1ccccc1)N1CCC2(CCCCC2)C1. The normalized spacial score (nSPS) is 20.5. The predicted molar refractivity (Wildman–Crippen MR) is 106 cm³/mol. The Morgan fingerprint density at radius 2 is 1.88 bits per heavy atom. The first-order chi connectivity index (χ1) is 12.5. The molecular formula is C20H31N3O2S. The summed E-state index contributed by atoms with van der Waals surface area (Å²) >= 11 is 0. The third kappa shape index (κ3) is 4.58. The summed E-state index contributed by atoms with van der Waals surface area (Å²) in [6.45, 7) is 2.78. The van der Waals surface area contributed by atoms with Crippen LogP contribution in [0, 0.1) is 5.41 Å². The van der Waals surface area contributed by atoms with Gasteiger partial charge in [-0.05, 0) is 43.2 Å². The van der Waals surface area contributed by atoms with Crippen molar-refractivity contribution < 1.29 is 8.42 Å². The Hall–Kier alpha value is -1.56. The lowest BCUT2D eigenvalue weighted by Crippen LogP contribution is -2.42. The van der Waals surface area contributed by atoms with Gasteiger partial charge in [-0.2, -0.15) is 0 Å². The molecule has 0 aromatic heterocycles. The van der Waals surface area contributed by atoms with E-state index < -0.39 is 9.84 Å². The molecule has 1 heterocycles. The van der Waals surface area contributed by atoms with Gasteiger partial charge in [0.15, 0.2) is 15.8 Å². The first-order valence-electron chi connectivity index (χ1n) is 9.78. The van der Waals surface area contributed by atoms with Gasteiger partial charge in [0.1, 0.15) is 0 Å². The fourth-order valence-corrected chi connectivity index (χ4v) is 5.70. The molecule has 1 aromatic rings. The molecule has 1 N–H and O–H groups in total. The zero-order valence-corrected chi connectivity index (χ0v) is 16.6. The van der Waals surface area contributed by atoms with Gasteiger partial charge in [0.05, 0.1) is 10.6 Å². The molecule has 6 heteroatoms. The van der Waals surface area contributed by atoms with Gasteiger partial charge < -0.3 is 10.2 Å². The second-order valence-corrected chi connectivity index (χ2v) is 9.80. The number of likely N-dealkylation sites (tertiary alicyclic amines) is 1. The molecule has 5 nitrogen and oxygen atoms in total. The smallest absolute Gasteiger partial charge is 0.193 e. The van der Waals surface area contributed by atoms with E-state index in [2.05, 4.69) is 15.2 Å². The van der Waals surface area contributed by atoms with Crippen LogP contribution >= 0.6 is 0 Å². The molecule has 1 spiro atoms. The number of guanidine groups is 1. The average Bonchev–Trinajstić information content (AvgIpc) is 3.06. The van der Waals surface area contributed by atoms with E-state index in [4.69, 9.17) is 0 Å². The molecule has 1 saturated heterocycles. The number of nitrogens with one attached hydrogen (secondary N) is 1. The highest BCUT2D eigenvalue weighted by atomic mass is 32.2. The van der Waals surface area contributed by atoms with Gasteiger partial charge in [-0.1, -0.05) is 37.5 Å². The van der Waals surface area contributed by atoms with E-state index in [1.807, 2.05) is 13.1 Å². The van der Waals surface area contributed by atoms with E-state index >= 15 is 0 Å². The highest BCUT2D eigenvalue weighted by Crippen LogP contribution is 2.43. The molecule has 0 atom stereocenters. The Labute approximate surface area is 157 Å². The van der Waals surface area contributed by atoms with Crippen molar-refractivity contribution in [2.24, 2.45) is 10.4 Å². The summed E-state index contributed by atoms with van der Waals surface area (Å²) in [5.74, 6) is 1.08. The largest absolute Gasteiger partial charge is 0.356 e. The minimum absolute atomic E-state index is 0.158. The van der Waals surface area contributed by atoms with Crippen LogP contribution in [-0.4, -0.2) is 51.7 Å². The molecule has 26 heavy (non-hydrogen) atoms. The Bertz CT molecular complexity index is 710. The van der Waals surface area contributed by atoms with Gasteiger partial charge in [0, 0.05) is 26.7 Å². The molecule has 0 unspecified atom stereocenters. The molecule has 1 aliphatic carbocycles. The summed E-state index contributed by atoms with van der Waals surface area (Å²) in [5, 5.41) is 3.37. The zero-order valence-electron chi connectivity index (χ0n) is 15.8. The molecule has 1 aromatic carbocycles. The third-order valence-electron chi connectivity index (χ3n) is 5.84. The maximum atomic E-state index is 12.3. The Kier molecular flexibility index (Phi) is 6.22. The summed E-state index contributed by atoms with van der Waals surface area (Å²) in [5.41, 5.74) is 0.493. The molecule has 1 aliphatic heterocycles. The maximum Gasteiger partial charge on any atom is 0.193 e. The summed E-state index contributed by atoms with van der Waals surface area (Å²) in [6.07, 6.45) is 8.62. The van der Waals surface area contributed by atoms with Crippen LogP contribution in [0.2, 0.25) is 0 Å². The van der Waals surface area contributed by atoms with Crippen LogP contribution in [0.4, 0.5) is 0 Å². The molecule has 0 bridgehead atoms. The first kappa shape index (κ1) is 19.2. The number of rotatable bonds is 5. The lowest BCUT2D eigenvalue weighted by Gasteiger charge is -2.33. The Balaban J connectivity index is 1.46. The highest BCUT2D eigenvalue weighted by Gasteiger charge is 2.39. The number of nitrogens with zero attached hydrogens (tertiary/aromatic N) is 2. The van der Waals surface area contributed by atoms with Gasteiger partial charge in [0.25, 0.3) is 0 Å². The molecular weight excluding hydrogens is 346 g/mol. The van der Waals surface area contributed by atoms with Crippen LogP contribution in [-0.2, 0) is 9.84 Å². The van der Waals surface area contributed by atoms with Gasteiger partial charge in [0.2, 0.25) is 0 Å². The molecule has 3 rings (SSSR count). The molecule has 1 saturated carbocycles. The van der Waals surface area contributed by atoms with Crippen molar-refractivity contribution in [1.82, 2.24) is 10.2 Å². The van der Waals surface area contributed by atoms with Gasteiger partial charge in [-0.25, -0.2) is 8.42 Å². The summed E-state index contributed by atoms with van der Waals surface area (Å²) in [7, 11) is -1.39. The fourth-order valence-electron chi connectivity index (χ4n) is 4.37. The second-order valence-electron chi connectivity index (χ2n) is 7.69. The average molecular weight is 378 g/mol. The van der Waals surface area contributed by atoms with Crippen molar-refractivity contribution in [2.75, 3.05) is 32.4 Å². The molecule has 0 amide bonds.